The molecule has 0 fully saturated rings. The highest BCUT2D eigenvalue weighted by Crippen LogP contribution is 2.37. The number of rotatable bonds is 6. The smallest absolute Gasteiger partial charge is 0.323 e. The van der Waals surface area contributed by atoms with Crippen molar-refractivity contribution >= 4 is 44.9 Å². The van der Waals surface area contributed by atoms with Crippen molar-refractivity contribution in [3.63, 3.8) is 0 Å². The number of nitrogens with one attached hydrogen (secondary N) is 2. The molecule has 0 saturated heterocycles. The van der Waals surface area contributed by atoms with E-state index in [0.29, 0.717) is 28.8 Å². The van der Waals surface area contributed by atoms with Gasteiger partial charge in [-0.05, 0) is 64.0 Å². The van der Waals surface area contributed by atoms with E-state index in [1.165, 1.54) is 0 Å². The average Bonchev–Trinajstić information content (AvgIpc) is 3.13. The summed E-state index contributed by atoms with van der Waals surface area (Å²) in [5, 5.41) is 10.6. The molecule has 8 heteroatoms. The zero-order chi connectivity index (χ0) is 22.5. The Bertz CT molecular complexity index is 1210. The van der Waals surface area contributed by atoms with Gasteiger partial charge in [-0.15, -0.1) is 0 Å². The van der Waals surface area contributed by atoms with Gasteiger partial charge in [0.25, 0.3) is 0 Å². The van der Waals surface area contributed by atoms with Crippen molar-refractivity contribution in [3.8, 4) is 17.0 Å². The Morgan fingerprint density at radius 2 is 1.72 bits per heavy atom. The quantitative estimate of drug-likeness (QED) is 0.302. The number of ether oxygens (including phenoxy) is 1. The van der Waals surface area contributed by atoms with E-state index in [1.54, 1.807) is 41.2 Å². The predicted molar refractivity (Wildman–Crippen MR) is 131 cm³/mol. The van der Waals surface area contributed by atoms with Gasteiger partial charge in [0.15, 0.2) is 0 Å². The molecular formula is C24H20BrClN4O2. The van der Waals surface area contributed by atoms with Crippen LogP contribution in [0.4, 0.5) is 16.2 Å². The monoisotopic (exact) mass is 510 g/mol. The summed E-state index contributed by atoms with van der Waals surface area (Å²) in [5.74, 6) is 0.682. The Morgan fingerprint density at radius 1 is 1.03 bits per heavy atom. The van der Waals surface area contributed by atoms with Gasteiger partial charge >= 0.3 is 6.03 Å². The number of carbonyl (C=O) groups excluding carboxylic acids is 1. The molecule has 32 heavy (non-hydrogen) atoms. The first-order valence-corrected chi connectivity index (χ1v) is 11.0. The predicted octanol–water partition coefficient (Wildman–Crippen LogP) is 6.73. The fourth-order valence-corrected chi connectivity index (χ4v) is 3.88. The number of nitrogens with zero attached hydrogens (tertiary/aromatic N) is 2. The van der Waals surface area contributed by atoms with Crippen LogP contribution in [-0.4, -0.2) is 15.8 Å². The van der Waals surface area contributed by atoms with E-state index in [9.17, 15) is 4.79 Å². The minimum absolute atomic E-state index is 0.361. The number of hydrogen-bond donors (Lipinski definition) is 2. The number of carbonyl (C=O) groups is 1. The van der Waals surface area contributed by atoms with Gasteiger partial charge in [-0.2, -0.15) is 5.10 Å². The zero-order valence-electron chi connectivity index (χ0n) is 17.2. The third kappa shape index (κ3) is 5.30. The van der Waals surface area contributed by atoms with Crippen molar-refractivity contribution in [2.45, 2.75) is 6.61 Å². The molecule has 1 aromatic heterocycles. The van der Waals surface area contributed by atoms with Crippen LogP contribution in [0, 0.1) is 0 Å². The molecule has 0 spiro atoms. The van der Waals surface area contributed by atoms with Crippen LogP contribution < -0.4 is 15.4 Å². The number of halogens is 2. The lowest BCUT2D eigenvalue weighted by molar-refractivity contribution is 0.262. The number of anilines is 2. The lowest BCUT2D eigenvalue weighted by atomic mass is 10.1. The fourth-order valence-electron chi connectivity index (χ4n) is 3.19. The highest BCUT2D eigenvalue weighted by Gasteiger charge is 2.16. The van der Waals surface area contributed by atoms with Gasteiger partial charge in [0, 0.05) is 29.0 Å². The minimum atomic E-state index is -0.361. The van der Waals surface area contributed by atoms with E-state index in [4.69, 9.17) is 16.3 Å². The van der Waals surface area contributed by atoms with Gasteiger partial charge in [0.05, 0.1) is 16.4 Å². The van der Waals surface area contributed by atoms with Crippen LogP contribution in [0.15, 0.2) is 83.5 Å². The van der Waals surface area contributed by atoms with E-state index in [2.05, 4.69) is 31.7 Å². The Morgan fingerprint density at radius 3 is 2.41 bits per heavy atom. The van der Waals surface area contributed by atoms with E-state index >= 15 is 0 Å². The molecule has 6 nitrogen and oxygen atoms in total. The second-order valence-corrected chi connectivity index (χ2v) is 8.33. The highest BCUT2D eigenvalue weighted by molar-refractivity contribution is 9.10. The van der Waals surface area contributed by atoms with Crippen LogP contribution in [0.3, 0.4) is 0 Å². The summed E-state index contributed by atoms with van der Waals surface area (Å²) >= 11 is 9.46. The van der Waals surface area contributed by atoms with Crippen molar-refractivity contribution in [2.24, 2.45) is 7.05 Å². The van der Waals surface area contributed by atoms with E-state index in [0.717, 1.165) is 21.3 Å². The third-order valence-electron chi connectivity index (χ3n) is 4.73. The molecular weight excluding hydrogens is 492 g/mol. The second kappa shape index (κ2) is 9.89. The molecule has 2 N–H and O–H groups in total. The molecule has 0 atom stereocenters. The maximum atomic E-state index is 12.5. The third-order valence-corrected chi connectivity index (χ3v) is 5.56. The minimum Gasteiger partial charge on any atom is -0.488 e. The van der Waals surface area contributed by atoms with E-state index in [1.807, 2.05) is 49.5 Å². The first-order valence-electron chi connectivity index (χ1n) is 9.82. The molecule has 4 rings (SSSR count). The normalized spacial score (nSPS) is 10.6. The number of benzene rings is 3. The summed E-state index contributed by atoms with van der Waals surface area (Å²) in [6, 6.07) is 22.0. The lowest BCUT2D eigenvalue weighted by Gasteiger charge is -2.15. The zero-order valence-corrected chi connectivity index (χ0v) is 19.5. The summed E-state index contributed by atoms with van der Waals surface area (Å²) in [4.78, 5) is 12.5. The Kier molecular flexibility index (Phi) is 6.78. The fraction of sp³-hybridized carbons (Fsp3) is 0.0833. The van der Waals surface area contributed by atoms with Crippen LogP contribution >= 0.6 is 27.5 Å². The van der Waals surface area contributed by atoms with Crippen LogP contribution in [0.2, 0.25) is 5.02 Å². The van der Waals surface area contributed by atoms with Gasteiger partial charge in [-0.3, -0.25) is 4.68 Å². The van der Waals surface area contributed by atoms with Crippen molar-refractivity contribution in [1.29, 1.82) is 0 Å². The van der Waals surface area contributed by atoms with Crippen LogP contribution in [0.5, 0.6) is 5.75 Å². The van der Waals surface area contributed by atoms with Gasteiger partial charge in [-0.25, -0.2) is 4.79 Å². The molecule has 0 saturated carbocycles. The van der Waals surface area contributed by atoms with Gasteiger partial charge in [0.1, 0.15) is 12.4 Å². The lowest BCUT2D eigenvalue weighted by Crippen LogP contribution is -2.19. The summed E-state index contributed by atoms with van der Waals surface area (Å²) in [5.41, 5.74) is 3.97. The number of hydrogen-bond acceptors (Lipinski definition) is 3. The molecule has 0 radical (unpaired) electrons. The van der Waals surface area contributed by atoms with Crippen LogP contribution in [-0.2, 0) is 13.7 Å². The SMILES string of the molecule is Cn1ncc(Br)c1-c1cc(NC(=O)Nc2ccc(Cl)cc2)ccc1OCc1ccccc1. The highest BCUT2D eigenvalue weighted by atomic mass is 79.9. The maximum Gasteiger partial charge on any atom is 0.323 e. The summed E-state index contributed by atoms with van der Waals surface area (Å²) in [7, 11) is 1.86. The first kappa shape index (κ1) is 21.9. The van der Waals surface area contributed by atoms with Gasteiger partial charge < -0.3 is 15.4 Å². The van der Waals surface area contributed by atoms with Crippen molar-refractivity contribution < 1.29 is 9.53 Å². The molecule has 0 aliphatic rings. The van der Waals surface area contributed by atoms with E-state index < -0.39 is 0 Å². The molecule has 0 unspecified atom stereocenters. The molecule has 162 valence electrons. The molecule has 2 amide bonds. The topological polar surface area (TPSA) is 68.2 Å². The van der Waals surface area contributed by atoms with Crippen LogP contribution in [0.25, 0.3) is 11.3 Å². The summed E-state index contributed by atoms with van der Waals surface area (Å²) in [6.07, 6.45) is 1.73. The average molecular weight is 512 g/mol. The van der Waals surface area contributed by atoms with Crippen molar-refractivity contribution in [1.82, 2.24) is 9.78 Å². The molecule has 1 heterocycles. The Hall–Kier alpha value is -3.29. The number of aryl methyl sites for hydroxylation is 1. The Labute approximate surface area is 199 Å². The molecule has 0 bridgehead atoms. The summed E-state index contributed by atoms with van der Waals surface area (Å²) in [6.45, 7) is 0.424. The van der Waals surface area contributed by atoms with Crippen molar-refractivity contribution in [3.05, 3.63) is 94.1 Å². The summed E-state index contributed by atoms with van der Waals surface area (Å²) < 4.78 is 8.70. The van der Waals surface area contributed by atoms with Gasteiger partial charge in [-0.1, -0.05) is 41.9 Å². The second-order valence-electron chi connectivity index (χ2n) is 7.04. The molecule has 3 aromatic carbocycles. The number of amides is 2. The van der Waals surface area contributed by atoms with Gasteiger partial charge in [0.2, 0.25) is 0 Å². The number of urea groups is 1. The standard InChI is InChI=1S/C24H20BrClN4O2/c1-30-23(21(25)14-27-30)20-13-19(29-24(31)28-18-9-7-17(26)8-10-18)11-12-22(20)32-15-16-5-3-2-4-6-16/h2-14H,15H2,1H3,(H2,28,29,31). The number of aromatic nitrogens is 2. The molecule has 0 aliphatic heterocycles. The first-order chi connectivity index (χ1) is 15.5. The largest absolute Gasteiger partial charge is 0.488 e. The van der Waals surface area contributed by atoms with Crippen molar-refractivity contribution in [2.75, 3.05) is 10.6 Å². The molecule has 0 aliphatic carbocycles. The van der Waals surface area contributed by atoms with E-state index in [-0.39, 0.29) is 6.03 Å². The van der Waals surface area contributed by atoms with Crippen LogP contribution in [0.1, 0.15) is 5.56 Å². The Balaban J connectivity index is 1.58. The molecule has 4 aromatic rings. The maximum absolute atomic E-state index is 12.5.